The van der Waals surface area contributed by atoms with Gasteiger partial charge in [-0.3, -0.25) is 0 Å². The predicted octanol–water partition coefficient (Wildman–Crippen LogP) is 4.23. The van der Waals surface area contributed by atoms with E-state index in [0.717, 1.165) is 25.7 Å². The van der Waals surface area contributed by atoms with Crippen molar-refractivity contribution in [2.75, 3.05) is 6.54 Å². The first-order valence-corrected chi connectivity index (χ1v) is 6.87. The molecule has 17 heavy (non-hydrogen) atoms. The second-order valence-corrected chi connectivity index (χ2v) is 6.43. The van der Waals surface area contributed by atoms with Gasteiger partial charge in [0.05, 0.1) is 5.54 Å². The molecule has 1 aliphatic carbocycles. The van der Waals surface area contributed by atoms with Crippen molar-refractivity contribution in [3.63, 3.8) is 0 Å². The summed E-state index contributed by atoms with van der Waals surface area (Å²) in [6, 6.07) is 0. The Morgan fingerprint density at radius 3 is 2.41 bits per heavy atom. The fraction of sp³-hybridized carbons (Fsp3) is 1.00. The van der Waals surface area contributed by atoms with Crippen LogP contribution in [0.15, 0.2) is 0 Å². The summed E-state index contributed by atoms with van der Waals surface area (Å²) in [6.45, 7) is 8.99. The third-order valence-corrected chi connectivity index (χ3v) is 4.09. The van der Waals surface area contributed by atoms with Crippen LogP contribution < -0.4 is 5.32 Å². The van der Waals surface area contributed by atoms with E-state index in [1.54, 1.807) is 0 Å². The average molecular weight is 247 g/mol. The van der Waals surface area contributed by atoms with Crippen LogP contribution in [0.1, 0.15) is 59.8 Å². The number of nitrogens with one attached hydrogen (secondary N) is 1. The van der Waals surface area contributed by atoms with Gasteiger partial charge >= 0.3 is 0 Å². The molecule has 2 atom stereocenters. The number of hydrogen-bond donors (Lipinski definition) is 1. The zero-order valence-corrected chi connectivity index (χ0v) is 11.7. The Bertz CT molecular complexity index is 235. The molecule has 0 amide bonds. The van der Waals surface area contributed by atoms with Gasteiger partial charge in [0, 0.05) is 0 Å². The first kappa shape index (κ1) is 14.9. The molecule has 3 heteroatoms. The Morgan fingerprint density at radius 2 is 1.94 bits per heavy atom. The minimum absolute atomic E-state index is 0.0579. The monoisotopic (exact) mass is 247 g/mol. The largest absolute Gasteiger partial charge is 0.306 e. The summed E-state index contributed by atoms with van der Waals surface area (Å²) in [4.78, 5) is 0. The van der Waals surface area contributed by atoms with Crippen LogP contribution in [0.5, 0.6) is 0 Å². The molecule has 0 bridgehead atoms. The molecule has 0 aromatic carbocycles. The van der Waals surface area contributed by atoms with E-state index < -0.39 is 12.0 Å². The highest BCUT2D eigenvalue weighted by Crippen LogP contribution is 2.47. The Labute approximate surface area is 104 Å². The van der Waals surface area contributed by atoms with Crippen LogP contribution >= 0.6 is 0 Å². The number of rotatable bonds is 4. The van der Waals surface area contributed by atoms with Crippen molar-refractivity contribution in [2.24, 2.45) is 11.3 Å². The minimum Gasteiger partial charge on any atom is -0.306 e. The van der Waals surface area contributed by atoms with Gasteiger partial charge < -0.3 is 5.32 Å². The fourth-order valence-corrected chi connectivity index (χ4v) is 3.31. The van der Waals surface area contributed by atoms with Crippen LogP contribution in [0.4, 0.5) is 8.78 Å². The van der Waals surface area contributed by atoms with Crippen LogP contribution in [0.25, 0.3) is 0 Å². The van der Waals surface area contributed by atoms with Crippen molar-refractivity contribution < 1.29 is 8.78 Å². The topological polar surface area (TPSA) is 12.0 Å². The third kappa shape index (κ3) is 3.18. The molecule has 0 aromatic heterocycles. The van der Waals surface area contributed by atoms with Gasteiger partial charge in [-0.1, -0.05) is 40.5 Å². The maximum atomic E-state index is 13.6. The number of halogens is 2. The lowest BCUT2D eigenvalue weighted by molar-refractivity contribution is -0.0642. The van der Waals surface area contributed by atoms with E-state index >= 15 is 0 Å². The summed E-state index contributed by atoms with van der Waals surface area (Å²) in [5.41, 5.74) is -1.01. The van der Waals surface area contributed by atoms with Crippen molar-refractivity contribution >= 4 is 0 Å². The van der Waals surface area contributed by atoms with Crippen LogP contribution in [0.2, 0.25) is 0 Å². The molecule has 102 valence electrons. The van der Waals surface area contributed by atoms with Gasteiger partial charge in [0.25, 0.3) is 6.43 Å². The summed E-state index contributed by atoms with van der Waals surface area (Å²) in [5, 5.41) is 3.19. The van der Waals surface area contributed by atoms with E-state index in [9.17, 15) is 8.78 Å². The summed E-state index contributed by atoms with van der Waals surface area (Å²) in [6.07, 6.45) is 2.19. The second-order valence-electron chi connectivity index (χ2n) is 6.43. The van der Waals surface area contributed by atoms with Crippen molar-refractivity contribution in [1.29, 1.82) is 0 Å². The van der Waals surface area contributed by atoms with Crippen molar-refractivity contribution in [1.82, 2.24) is 5.32 Å². The van der Waals surface area contributed by atoms with Gasteiger partial charge in [0.2, 0.25) is 0 Å². The maximum Gasteiger partial charge on any atom is 0.256 e. The van der Waals surface area contributed by atoms with Gasteiger partial charge in [0.15, 0.2) is 0 Å². The maximum absolute atomic E-state index is 13.6. The normalized spacial score (nSPS) is 30.9. The standard InChI is InChI=1S/C14H27F2N/c1-5-10-17-14(12(15)16)9-7-6-8-11(14)13(2,3)4/h11-12,17H,5-10H2,1-4H3. The van der Waals surface area contributed by atoms with E-state index in [4.69, 9.17) is 0 Å². The number of alkyl halides is 2. The Kier molecular flexibility index (Phi) is 4.94. The molecule has 0 spiro atoms. The van der Waals surface area contributed by atoms with E-state index in [1.807, 2.05) is 6.92 Å². The van der Waals surface area contributed by atoms with Gasteiger partial charge in [-0.2, -0.15) is 0 Å². The molecule has 2 unspecified atom stereocenters. The first-order valence-electron chi connectivity index (χ1n) is 6.87. The van der Waals surface area contributed by atoms with Crippen LogP contribution in [0, 0.1) is 11.3 Å². The number of hydrogen-bond acceptors (Lipinski definition) is 1. The van der Waals surface area contributed by atoms with Crippen LogP contribution in [0.3, 0.4) is 0 Å². The molecule has 1 nitrogen and oxygen atoms in total. The van der Waals surface area contributed by atoms with Crippen molar-refractivity contribution in [3.05, 3.63) is 0 Å². The Balaban J connectivity index is 2.96. The highest BCUT2D eigenvalue weighted by Gasteiger charge is 2.51. The molecule has 0 aliphatic heterocycles. The lowest BCUT2D eigenvalue weighted by Crippen LogP contribution is -2.61. The van der Waals surface area contributed by atoms with E-state index in [0.29, 0.717) is 13.0 Å². The summed E-state index contributed by atoms with van der Waals surface area (Å²) in [5.74, 6) is 0.0651. The molecule has 1 rings (SSSR count). The van der Waals surface area contributed by atoms with E-state index in [-0.39, 0.29) is 11.3 Å². The summed E-state index contributed by atoms with van der Waals surface area (Å²) >= 11 is 0. The summed E-state index contributed by atoms with van der Waals surface area (Å²) < 4.78 is 27.2. The van der Waals surface area contributed by atoms with Crippen LogP contribution in [-0.4, -0.2) is 18.5 Å². The molecule has 1 fully saturated rings. The molecular formula is C14H27F2N. The highest BCUT2D eigenvalue weighted by molar-refractivity contribution is 5.03. The third-order valence-electron chi connectivity index (χ3n) is 4.09. The van der Waals surface area contributed by atoms with E-state index in [2.05, 4.69) is 26.1 Å². The lowest BCUT2D eigenvalue weighted by Gasteiger charge is -2.50. The quantitative estimate of drug-likeness (QED) is 0.784. The lowest BCUT2D eigenvalue weighted by atomic mass is 9.62. The fourth-order valence-electron chi connectivity index (χ4n) is 3.31. The van der Waals surface area contributed by atoms with Crippen molar-refractivity contribution in [3.8, 4) is 0 Å². The van der Waals surface area contributed by atoms with Gasteiger partial charge in [0.1, 0.15) is 0 Å². The van der Waals surface area contributed by atoms with E-state index in [1.165, 1.54) is 0 Å². The Hall–Kier alpha value is -0.180. The van der Waals surface area contributed by atoms with Gasteiger partial charge in [-0.15, -0.1) is 0 Å². The molecule has 0 aromatic rings. The Morgan fingerprint density at radius 1 is 1.29 bits per heavy atom. The summed E-state index contributed by atoms with van der Waals surface area (Å²) in [7, 11) is 0. The smallest absolute Gasteiger partial charge is 0.256 e. The zero-order chi connectivity index (χ0) is 13.1. The average Bonchev–Trinajstić information content (AvgIpc) is 2.25. The minimum atomic E-state index is -2.27. The SMILES string of the molecule is CCCNC1(C(F)F)CCCCC1C(C)(C)C. The molecule has 1 aliphatic rings. The molecular weight excluding hydrogens is 220 g/mol. The van der Waals surface area contributed by atoms with Gasteiger partial charge in [-0.25, -0.2) is 8.78 Å². The predicted molar refractivity (Wildman–Crippen MR) is 68.4 cm³/mol. The highest BCUT2D eigenvalue weighted by atomic mass is 19.3. The zero-order valence-electron chi connectivity index (χ0n) is 11.7. The van der Waals surface area contributed by atoms with Crippen LogP contribution in [-0.2, 0) is 0 Å². The first-order chi connectivity index (χ1) is 7.84. The molecule has 0 heterocycles. The molecule has 1 N–H and O–H groups in total. The second kappa shape index (κ2) is 5.64. The van der Waals surface area contributed by atoms with Crippen molar-refractivity contribution in [2.45, 2.75) is 71.8 Å². The molecule has 0 saturated heterocycles. The molecule has 0 radical (unpaired) electrons. The molecule has 1 saturated carbocycles. The van der Waals surface area contributed by atoms with Gasteiger partial charge in [-0.05, 0) is 37.1 Å².